The molecule has 0 unspecified atom stereocenters. The van der Waals surface area contributed by atoms with Gasteiger partial charge in [-0.2, -0.15) is 0 Å². The number of carbonyl (C=O) groups is 1. The average molecular weight is 330 g/mol. The number of halogens is 1. The molecule has 0 saturated carbocycles. The minimum atomic E-state index is -0.837. The van der Waals surface area contributed by atoms with Crippen LogP contribution in [0.3, 0.4) is 0 Å². The van der Waals surface area contributed by atoms with Crippen molar-refractivity contribution in [2.45, 2.75) is 26.7 Å². The van der Waals surface area contributed by atoms with E-state index in [0.717, 1.165) is 12.1 Å². The minimum Gasteiger partial charge on any atom is -0.339 e. The van der Waals surface area contributed by atoms with Crippen molar-refractivity contribution in [3.8, 4) is 0 Å². The molecule has 0 radical (unpaired) electrons. The first kappa shape index (κ1) is 17.8. The van der Waals surface area contributed by atoms with Crippen molar-refractivity contribution in [1.29, 1.82) is 0 Å². The zero-order chi connectivity index (χ0) is 16.9. The summed E-state index contributed by atoms with van der Waals surface area (Å²) in [6, 6.07) is 1.96. The van der Waals surface area contributed by atoms with E-state index < -0.39 is 32.2 Å². The van der Waals surface area contributed by atoms with Crippen molar-refractivity contribution in [2.24, 2.45) is 0 Å². The first-order valence-electron chi connectivity index (χ1n) is 6.75. The highest BCUT2D eigenvalue weighted by atomic mass is 35.5. The van der Waals surface area contributed by atoms with E-state index in [4.69, 9.17) is 11.6 Å². The number of carbonyl (C=O) groups excluding carboxylic acids is 1. The van der Waals surface area contributed by atoms with Gasteiger partial charge in [-0.15, -0.1) is 0 Å². The standard InChI is InChI=1S/C13H16ClN3O5/c1-3-5-15(6-4-2)13(18)9-7-10(16(19)20)12(14)11(8-9)17(21)22/h7-8H,3-6H2,1-2H3. The van der Waals surface area contributed by atoms with Crippen LogP contribution in [-0.2, 0) is 0 Å². The van der Waals surface area contributed by atoms with Crippen LogP contribution < -0.4 is 0 Å². The van der Waals surface area contributed by atoms with E-state index in [1.165, 1.54) is 4.90 Å². The zero-order valence-corrected chi connectivity index (χ0v) is 13.0. The van der Waals surface area contributed by atoms with Crippen LogP contribution in [0, 0.1) is 20.2 Å². The van der Waals surface area contributed by atoms with Crippen LogP contribution in [0.25, 0.3) is 0 Å². The molecular weight excluding hydrogens is 314 g/mol. The Labute approximate surface area is 132 Å². The van der Waals surface area contributed by atoms with E-state index in [2.05, 4.69) is 0 Å². The second-order valence-corrected chi connectivity index (χ2v) is 5.01. The lowest BCUT2D eigenvalue weighted by molar-refractivity contribution is -0.393. The van der Waals surface area contributed by atoms with Gasteiger partial charge < -0.3 is 4.90 Å². The van der Waals surface area contributed by atoms with Gasteiger partial charge in [0.15, 0.2) is 5.02 Å². The SMILES string of the molecule is CCCN(CCC)C(=O)c1cc([N+](=O)[O-])c(Cl)c([N+](=O)[O-])c1. The Hall–Kier alpha value is -2.22. The molecule has 0 atom stereocenters. The maximum absolute atomic E-state index is 12.4. The lowest BCUT2D eigenvalue weighted by atomic mass is 10.1. The summed E-state index contributed by atoms with van der Waals surface area (Å²) in [6.45, 7) is 4.72. The number of benzene rings is 1. The topological polar surface area (TPSA) is 107 Å². The second kappa shape index (κ2) is 7.69. The van der Waals surface area contributed by atoms with Gasteiger partial charge in [-0.3, -0.25) is 25.0 Å². The second-order valence-electron chi connectivity index (χ2n) is 4.63. The van der Waals surface area contributed by atoms with Crippen molar-refractivity contribution < 1.29 is 14.6 Å². The molecule has 8 nitrogen and oxygen atoms in total. The maximum Gasteiger partial charge on any atom is 0.295 e. The molecule has 120 valence electrons. The number of hydrogen-bond donors (Lipinski definition) is 0. The van der Waals surface area contributed by atoms with Crippen molar-refractivity contribution in [1.82, 2.24) is 4.90 Å². The first-order chi connectivity index (χ1) is 10.3. The van der Waals surface area contributed by atoms with Gasteiger partial charge in [-0.05, 0) is 12.8 Å². The lowest BCUT2D eigenvalue weighted by Gasteiger charge is -2.21. The van der Waals surface area contributed by atoms with E-state index in [1.54, 1.807) is 0 Å². The Morgan fingerprint density at radius 2 is 1.50 bits per heavy atom. The molecule has 0 aliphatic rings. The van der Waals surface area contributed by atoms with E-state index in [9.17, 15) is 25.0 Å². The first-order valence-corrected chi connectivity index (χ1v) is 7.12. The van der Waals surface area contributed by atoms with E-state index in [0.29, 0.717) is 25.9 Å². The van der Waals surface area contributed by atoms with Crippen LogP contribution in [0.15, 0.2) is 12.1 Å². The molecular formula is C13H16ClN3O5. The summed E-state index contributed by atoms with van der Waals surface area (Å²) in [5.74, 6) is -0.480. The summed E-state index contributed by atoms with van der Waals surface area (Å²) in [5.41, 5.74) is -1.40. The van der Waals surface area contributed by atoms with Gasteiger partial charge in [-0.25, -0.2) is 0 Å². The smallest absolute Gasteiger partial charge is 0.295 e. The third kappa shape index (κ3) is 3.91. The molecule has 1 rings (SSSR count). The lowest BCUT2D eigenvalue weighted by Crippen LogP contribution is -2.32. The number of nitro benzene ring substituents is 2. The molecule has 1 amide bonds. The van der Waals surface area contributed by atoms with Crippen LogP contribution in [0.5, 0.6) is 0 Å². The Morgan fingerprint density at radius 1 is 1.09 bits per heavy atom. The molecule has 0 spiro atoms. The van der Waals surface area contributed by atoms with Crippen LogP contribution in [0.2, 0.25) is 5.02 Å². The Morgan fingerprint density at radius 3 is 1.82 bits per heavy atom. The third-order valence-corrected chi connectivity index (χ3v) is 3.34. The molecule has 0 aliphatic carbocycles. The fourth-order valence-electron chi connectivity index (χ4n) is 2.02. The van der Waals surface area contributed by atoms with Gasteiger partial charge >= 0.3 is 0 Å². The van der Waals surface area contributed by atoms with Crippen molar-refractivity contribution >= 4 is 28.9 Å². The normalized spacial score (nSPS) is 10.3. The number of nitro groups is 2. The van der Waals surface area contributed by atoms with Gasteiger partial charge in [0.2, 0.25) is 0 Å². The number of amides is 1. The Balaban J connectivity index is 3.36. The molecule has 1 aromatic carbocycles. The van der Waals surface area contributed by atoms with Crippen molar-refractivity contribution in [3.63, 3.8) is 0 Å². The summed E-state index contributed by atoms with van der Waals surface area (Å²) >= 11 is 5.67. The predicted molar refractivity (Wildman–Crippen MR) is 81.2 cm³/mol. The Kier molecular flexibility index (Phi) is 6.24. The quantitative estimate of drug-likeness (QED) is 0.562. The van der Waals surface area contributed by atoms with Crippen molar-refractivity contribution in [3.05, 3.63) is 42.9 Å². The van der Waals surface area contributed by atoms with Crippen LogP contribution in [0.4, 0.5) is 11.4 Å². The molecule has 0 N–H and O–H groups in total. The summed E-state index contributed by atoms with van der Waals surface area (Å²) in [6.07, 6.45) is 1.42. The average Bonchev–Trinajstić information content (AvgIpc) is 2.45. The molecule has 0 bridgehead atoms. The maximum atomic E-state index is 12.4. The van der Waals surface area contributed by atoms with Gasteiger partial charge in [0, 0.05) is 25.2 Å². The van der Waals surface area contributed by atoms with E-state index in [1.807, 2.05) is 13.8 Å². The summed E-state index contributed by atoms with van der Waals surface area (Å²) in [5, 5.41) is 21.4. The van der Waals surface area contributed by atoms with Crippen molar-refractivity contribution in [2.75, 3.05) is 13.1 Å². The molecule has 22 heavy (non-hydrogen) atoms. The van der Waals surface area contributed by atoms with Crippen LogP contribution in [-0.4, -0.2) is 33.7 Å². The summed E-state index contributed by atoms with van der Waals surface area (Å²) in [7, 11) is 0. The van der Waals surface area contributed by atoms with E-state index in [-0.39, 0.29) is 5.56 Å². The summed E-state index contributed by atoms with van der Waals surface area (Å²) in [4.78, 5) is 34.2. The number of nitrogens with zero attached hydrogens (tertiary/aromatic N) is 3. The fourth-order valence-corrected chi connectivity index (χ4v) is 2.27. The molecule has 0 saturated heterocycles. The van der Waals surface area contributed by atoms with Gasteiger partial charge in [0.05, 0.1) is 15.4 Å². The highest BCUT2D eigenvalue weighted by molar-refractivity contribution is 6.35. The minimum absolute atomic E-state index is 0.107. The zero-order valence-electron chi connectivity index (χ0n) is 12.2. The van der Waals surface area contributed by atoms with Crippen LogP contribution in [0.1, 0.15) is 37.0 Å². The largest absolute Gasteiger partial charge is 0.339 e. The fraction of sp³-hybridized carbons (Fsp3) is 0.462. The summed E-state index contributed by atoms with van der Waals surface area (Å²) < 4.78 is 0. The van der Waals surface area contributed by atoms with Gasteiger partial charge in [-0.1, -0.05) is 25.4 Å². The predicted octanol–water partition coefficient (Wildman–Crippen LogP) is 3.42. The highest BCUT2D eigenvalue weighted by Crippen LogP contribution is 2.35. The van der Waals surface area contributed by atoms with E-state index >= 15 is 0 Å². The highest BCUT2D eigenvalue weighted by Gasteiger charge is 2.28. The molecule has 0 fully saturated rings. The molecule has 1 aromatic rings. The van der Waals surface area contributed by atoms with Crippen LogP contribution >= 0.6 is 11.6 Å². The molecule has 9 heteroatoms. The molecule has 0 aromatic heterocycles. The number of rotatable bonds is 7. The van der Waals surface area contributed by atoms with Gasteiger partial charge in [0.1, 0.15) is 0 Å². The monoisotopic (exact) mass is 329 g/mol. The molecule has 0 aliphatic heterocycles. The Bertz CT molecular complexity index is 564. The van der Waals surface area contributed by atoms with Gasteiger partial charge in [0.25, 0.3) is 17.3 Å². The molecule has 0 heterocycles. The third-order valence-electron chi connectivity index (χ3n) is 2.95. The number of hydrogen-bond acceptors (Lipinski definition) is 5.